The molecule has 9 heteroatoms. The van der Waals surface area contributed by atoms with Crippen molar-refractivity contribution in [1.29, 1.82) is 0 Å². The Morgan fingerprint density at radius 1 is 1.47 bits per heavy atom. The Hall–Kier alpha value is -2.58. The lowest BCUT2D eigenvalue weighted by atomic mass is 10.1. The minimum atomic E-state index is -0.919. The molecule has 19 heavy (non-hydrogen) atoms. The molecule has 1 aromatic rings. The lowest BCUT2D eigenvalue weighted by molar-refractivity contribution is 0.0907. The Kier molecular flexibility index (Phi) is 3.64. The summed E-state index contributed by atoms with van der Waals surface area (Å²) in [5.41, 5.74) is 1.87. The number of nitroso groups, excluding NO2 is 1. The summed E-state index contributed by atoms with van der Waals surface area (Å²) in [7, 11) is 0. The molecule has 1 aromatic carbocycles. The number of carbonyl (C=O) groups is 1. The second kappa shape index (κ2) is 5.38. The number of rotatable bonds is 5. The molecule has 7 nitrogen and oxygen atoms in total. The molecule has 0 aliphatic carbocycles. The van der Waals surface area contributed by atoms with Crippen LogP contribution in [0.2, 0.25) is 0 Å². The molecule has 0 amide bonds. The van der Waals surface area contributed by atoms with Crippen LogP contribution in [0.25, 0.3) is 0 Å². The van der Waals surface area contributed by atoms with Crippen LogP contribution in [0.3, 0.4) is 0 Å². The van der Waals surface area contributed by atoms with Crippen LogP contribution < -0.4 is 5.53 Å². The molecule has 0 fully saturated rings. The lowest BCUT2D eigenvalue weighted by Crippen LogP contribution is -2.36. The van der Waals surface area contributed by atoms with E-state index in [9.17, 15) is 18.5 Å². The monoisotopic (exact) mass is 269 g/mol. The van der Waals surface area contributed by atoms with E-state index < -0.39 is 17.4 Å². The van der Waals surface area contributed by atoms with Crippen LogP contribution in [0.5, 0.6) is 0 Å². The Bertz CT molecular complexity index is 537. The fourth-order valence-corrected chi connectivity index (χ4v) is 1.55. The van der Waals surface area contributed by atoms with Crippen LogP contribution in [0.15, 0.2) is 28.6 Å². The summed E-state index contributed by atoms with van der Waals surface area (Å²) in [6.07, 6.45) is 1.26. The molecule has 0 bridgehead atoms. The quantitative estimate of drug-likeness (QED) is 0.487. The first-order valence-corrected chi connectivity index (χ1v) is 5.22. The van der Waals surface area contributed by atoms with Crippen LogP contribution in [0, 0.1) is 16.5 Å². The van der Waals surface area contributed by atoms with Gasteiger partial charge in [0.15, 0.2) is 5.78 Å². The highest BCUT2D eigenvalue weighted by atomic mass is 19.1. The van der Waals surface area contributed by atoms with Crippen molar-refractivity contribution in [1.82, 2.24) is 15.6 Å². The normalized spacial score (nSPS) is 13.8. The van der Waals surface area contributed by atoms with E-state index in [1.54, 1.807) is 0 Å². The van der Waals surface area contributed by atoms with Crippen molar-refractivity contribution >= 4 is 12.1 Å². The molecule has 0 unspecified atom stereocenters. The van der Waals surface area contributed by atoms with Gasteiger partial charge in [-0.05, 0) is 12.1 Å². The zero-order chi connectivity index (χ0) is 13.8. The zero-order valence-electron chi connectivity index (χ0n) is 9.58. The van der Waals surface area contributed by atoms with Gasteiger partial charge in [0.2, 0.25) is 0 Å². The maximum Gasteiger partial charge on any atom is 0.186 e. The van der Waals surface area contributed by atoms with Gasteiger partial charge >= 0.3 is 0 Å². The number of nitrogens with zero attached hydrogens (tertiary/aromatic N) is 4. The van der Waals surface area contributed by atoms with Gasteiger partial charge in [-0.2, -0.15) is 10.6 Å². The number of benzene rings is 1. The molecule has 0 radical (unpaired) electrons. The summed E-state index contributed by atoms with van der Waals surface area (Å²) in [6.45, 7) is -0.0869. The topological polar surface area (TPSA) is 77.4 Å². The molecule has 1 aliphatic heterocycles. The molecule has 0 spiro atoms. The van der Waals surface area contributed by atoms with E-state index in [2.05, 4.69) is 15.9 Å². The summed E-state index contributed by atoms with van der Waals surface area (Å²) < 4.78 is 26.1. The minimum absolute atomic E-state index is 0.111. The van der Waals surface area contributed by atoms with Crippen molar-refractivity contribution in [2.24, 2.45) is 10.4 Å². The Balaban J connectivity index is 1.99. The molecule has 1 heterocycles. The molecule has 0 saturated heterocycles. The van der Waals surface area contributed by atoms with E-state index in [-0.39, 0.29) is 18.8 Å². The molecule has 0 saturated carbocycles. The molecule has 2 rings (SSSR count). The van der Waals surface area contributed by atoms with Crippen LogP contribution in [-0.4, -0.2) is 35.4 Å². The smallest absolute Gasteiger partial charge is 0.186 e. The Morgan fingerprint density at radius 2 is 2.26 bits per heavy atom. The molecule has 1 N–H and O–H groups in total. The Morgan fingerprint density at radius 3 is 2.95 bits per heavy atom. The first-order chi connectivity index (χ1) is 9.10. The third-order valence-electron chi connectivity index (χ3n) is 2.40. The second-order valence-corrected chi connectivity index (χ2v) is 3.75. The fourth-order valence-electron chi connectivity index (χ4n) is 1.55. The summed E-state index contributed by atoms with van der Waals surface area (Å²) >= 11 is 0. The highest BCUT2D eigenvalue weighted by Gasteiger charge is 2.19. The van der Waals surface area contributed by atoms with E-state index >= 15 is 0 Å². The highest BCUT2D eigenvalue weighted by molar-refractivity contribution is 5.97. The predicted molar refractivity (Wildman–Crippen MR) is 61.5 cm³/mol. The van der Waals surface area contributed by atoms with Gasteiger partial charge < -0.3 is 0 Å². The average Bonchev–Trinajstić information content (AvgIpc) is 2.76. The summed E-state index contributed by atoms with van der Waals surface area (Å²) in [4.78, 5) is 21.7. The number of hydrogen-bond donors (Lipinski definition) is 1. The Labute approximate surface area is 106 Å². The average molecular weight is 269 g/mol. The number of hydrogen-bond acceptors (Lipinski definition) is 6. The van der Waals surface area contributed by atoms with Crippen molar-refractivity contribution in [3.8, 4) is 0 Å². The van der Waals surface area contributed by atoms with E-state index in [1.807, 2.05) is 0 Å². The maximum atomic E-state index is 13.4. The van der Waals surface area contributed by atoms with Crippen molar-refractivity contribution < 1.29 is 13.6 Å². The van der Waals surface area contributed by atoms with Crippen molar-refractivity contribution in [3.63, 3.8) is 0 Å². The lowest BCUT2D eigenvalue weighted by Gasteiger charge is -2.16. The van der Waals surface area contributed by atoms with E-state index in [0.29, 0.717) is 6.07 Å². The van der Waals surface area contributed by atoms with E-state index in [4.69, 9.17) is 0 Å². The number of carbonyl (C=O) groups excluding carboxylic acids is 1. The third kappa shape index (κ3) is 3.00. The fraction of sp³-hybridized carbons (Fsp3) is 0.200. The van der Waals surface area contributed by atoms with Crippen LogP contribution >= 0.6 is 0 Å². The van der Waals surface area contributed by atoms with Crippen molar-refractivity contribution in [3.05, 3.63) is 40.3 Å². The van der Waals surface area contributed by atoms with E-state index in [1.165, 1.54) is 16.4 Å². The minimum Gasteiger partial charge on any atom is -0.292 e. The first kappa shape index (κ1) is 12.9. The summed E-state index contributed by atoms with van der Waals surface area (Å²) in [6, 6.07) is 2.73. The van der Waals surface area contributed by atoms with Crippen LogP contribution in [0.4, 0.5) is 8.78 Å². The second-order valence-electron chi connectivity index (χ2n) is 3.75. The molecule has 0 aromatic heterocycles. The van der Waals surface area contributed by atoms with Gasteiger partial charge in [-0.1, -0.05) is 0 Å². The number of Topliss-reactive ketones (excluding diaryl/α,β-unsaturated/α-hetero) is 1. The van der Waals surface area contributed by atoms with Gasteiger partial charge in [0.05, 0.1) is 10.8 Å². The van der Waals surface area contributed by atoms with Crippen LogP contribution in [0.1, 0.15) is 10.4 Å². The number of hydrazone groups is 1. The number of ketones is 1. The van der Waals surface area contributed by atoms with E-state index in [0.717, 1.165) is 12.1 Å². The number of hydrazine groups is 1. The first-order valence-electron chi connectivity index (χ1n) is 5.22. The highest BCUT2D eigenvalue weighted by Crippen LogP contribution is 2.11. The van der Waals surface area contributed by atoms with Crippen LogP contribution in [-0.2, 0) is 0 Å². The maximum absolute atomic E-state index is 13.4. The number of nitrogens with one attached hydrogen (secondary N) is 1. The standard InChI is InChI=1S/C10H9F2N5O2/c11-7-1-2-8(9(12)3-7)10(18)4-16-6-17(5-13-16)14-15-19/h1-3,5H,4,6H2,(H,14,19). The molecule has 1 aliphatic rings. The van der Waals surface area contributed by atoms with Gasteiger partial charge in [0, 0.05) is 6.07 Å². The van der Waals surface area contributed by atoms with Crippen molar-refractivity contribution in [2.75, 3.05) is 13.2 Å². The molecular weight excluding hydrogens is 260 g/mol. The van der Waals surface area contributed by atoms with Gasteiger partial charge in [-0.25, -0.2) is 13.8 Å². The molecule has 0 atom stereocenters. The third-order valence-corrected chi connectivity index (χ3v) is 2.40. The summed E-state index contributed by atoms with van der Waals surface area (Å²) in [5.74, 6) is -2.21. The van der Waals surface area contributed by atoms with Crippen molar-refractivity contribution in [2.45, 2.75) is 0 Å². The SMILES string of the molecule is O=NNN1C=NN(CC(=O)c2ccc(F)cc2F)C1. The largest absolute Gasteiger partial charge is 0.292 e. The molecular formula is C10H9F2N5O2. The van der Waals surface area contributed by atoms with Gasteiger partial charge in [0.1, 0.15) is 31.2 Å². The summed E-state index contributed by atoms with van der Waals surface area (Å²) in [5, 5.41) is 8.77. The predicted octanol–water partition coefficient (Wildman–Crippen LogP) is 0.852. The zero-order valence-corrected chi connectivity index (χ0v) is 9.58. The van der Waals surface area contributed by atoms with Gasteiger partial charge in [-0.15, -0.1) is 4.91 Å². The van der Waals surface area contributed by atoms with Gasteiger partial charge in [0.25, 0.3) is 0 Å². The van der Waals surface area contributed by atoms with Gasteiger partial charge in [-0.3, -0.25) is 9.80 Å². The molecule has 100 valence electrons. The number of halogens is 2.